The Labute approximate surface area is 151 Å². The number of guanidine groups is 1. The fraction of sp³-hybridized carbons (Fsp3) is 0.833. The number of likely N-dealkylation sites (tertiary alicyclic amines) is 2. The molecule has 0 saturated carbocycles. The maximum Gasteiger partial charge on any atom is 0.229 e. The van der Waals surface area contributed by atoms with Gasteiger partial charge in [0.05, 0.1) is 6.54 Å². The van der Waals surface area contributed by atoms with Crippen LogP contribution in [0.2, 0.25) is 0 Å². The third kappa shape index (κ3) is 6.30. The van der Waals surface area contributed by atoms with Crippen molar-refractivity contribution in [2.24, 2.45) is 4.99 Å². The molecule has 0 bridgehead atoms. The van der Waals surface area contributed by atoms with Gasteiger partial charge in [-0.05, 0) is 39.2 Å². The molecule has 0 aliphatic carbocycles. The molecule has 0 aromatic heterocycles. The summed E-state index contributed by atoms with van der Waals surface area (Å²) in [4.78, 5) is 32.1. The summed E-state index contributed by atoms with van der Waals surface area (Å²) in [6.07, 6.45) is 5.07. The molecule has 0 atom stereocenters. The minimum Gasteiger partial charge on any atom is -0.357 e. The Morgan fingerprint density at radius 1 is 1.12 bits per heavy atom. The van der Waals surface area contributed by atoms with Crippen molar-refractivity contribution in [1.82, 2.24) is 20.4 Å². The largest absolute Gasteiger partial charge is 0.357 e. The van der Waals surface area contributed by atoms with Crippen LogP contribution in [-0.4, -0.2) is 72.9 Å². The van der Waals surface area contributed by atoms with E-state index < -0.39 is 0 Å². The highest BCUT2D eigenvalue weighted by atomic mass is 16.2. The molecule has 0 spiro atoms. The fourth-order valence-corrected chi connectivity index (χ4v) is 3.44. The van der Waals surface area contributed by atoms with Crippen molar-refractivity contribution < 1.29 is 9.59 Å². The van der Waals surface area contributed by atoms with E-state index in [1.54, 1.807) is 0 Å². The number of piperidine rings is 2. The first-order valence-corrected chi connectivity index (χ1v) is 9.74. The van der Waals surface area contributed by atoms with E-state index in [0.29, 0.717) is 38.4 Å². The Kier molecular flexibility index (Phi) is 8.18. The highest BCUT2D eigenvalue weighted by Gasteiger charge is 2.25. The van der Waals surface area contributed by atoms with E-state index in [1.165, 1.54) is 17.9 Å². The maximum absolute atomic E-state index is 11.8. The van der Waals surface area contributed by atoms with E-state index in [1.807, 2.05) is 6.92 Å². The van der Waals surface area contributed by atoms with Crippen LogP contribution in [0.15, 0.2) is 4.99 Å². The van der Waals surface area contributed by atoms with E-state index in [0.717, 1.165) is 38.4 Å². The van der Waals surface area contributed by atoms with Crippen LogP contribution < -0.4 is 10.6 Å². The van der Waals surface area contributed by atoms with Gasteiger partial charge in [0.25, 0.3) is 0 Å². The highest BCUT2D eigenvalue weighted by Crippen LogP contribution is 2.12. The second-order valence-corrected chi connectivity index (χ2v) is 6.81. The summed E-state index contributed by atoms with van der Waals surface area (Å²) in [5, 5.41) is 6.77. The Morgan fingerprint density at radius 3 is 2.40 bits per heavy atom. The molecule has 2 aliphatic heterocycles. The molecular formula is C18H33N5O2. The molecule has 0 aromatic rings. The lowest BCUT2D eigenvalue weighted by Gasteiger charge is -2.32. The molecule has 0 unspecified atom stereocenters. The molecule has 142 valence electrons. The van der Waals surface area contributed by atoms with Gasteiger partial charge in [0.15, 0.2) is 5.96 Å². The van der Waals surface area contributed by atoms with Crippen LogP contribution in [0.4, 0.5) is 0 Å². The van der Waals surface area contributed by atoms with Gasteiger partial charge < -0.3 is 15.5 Å². The lowest BCUT2D eigenvalue weighted by Crippen LogP contribution is -2.49. The number of amides is 2. The molecule has 25 heavy (non-hydrogen) atoms. The summed E-state index contributed by atoms with van der Waals surface area (Å²) >= 11 is 0. The topological polar surface area (TPSA) is 77.0 Å². The Morgan fingerprint density at radius 2 is 1.80 bits per heavy atom. The van der Waals surface area contributed by atoms with E-state index in [-0.39, 0.29) is 11.8 Å². The summed E-state index contributed by atoms with van der Waals surface area (Å²) < 4.78 is 0. The number of hydrogen-bond donors (Lipinski definition) is 2. The van der Waals surface area contributed by atoms with Crippen molar-refractivity contribution in [2.45, 2.75) is 58.4 Å². The predicted octanol–water partition coefficient (Wildman–Crippen LogP) is 0.955. The highest BCUT2D eigenvalue weighted by molar-refractivity contribution is 5.97. The van der Waals surface area contributed by atoms with Gasteiger partial charge in [-0.25, -0.2) is 0 Å². The molecule has 2 N–H and O–H groups in total. The molecule has 2 saturated heterocycles. The first-order chi connectivity index (χ1) is 12.1. The zero-order valence-corrected chi connectivity index (χ0v) is 15.7. The summed E-state index contributed by atoms with van der Waals surface area (Å²) in [7, 11) is 0. The summed E-state index contributed by atoms with van der Waals surface area (Å²) in [5.41, 5.74) is 0. The normalized spacial score (nSPS) is 20.9. The smallest absolute Gasteiger partial charge is 0.229 e. The van der Waals surface area contributed by atoms with Crippen LogP contribution in [0.3, 0.4) is 0 Å². The third-order valence-electron chi connectivity index (χ3n) is 4.79. The van der Waals surface area contributed by atoms with Crippen molar-refractivity contribution in [3.63, 3.8) is 0 Å². The van der Waals surface area contributed by atoms with Crippen molar-refractivity contribution in [2.75, 3.05) is 39.3 Å². The van der Waals surface area contributed by atoms with Crippen molar-refractivity contribution in [3.8, 4) is 0 Å². The standard InChI is InChI=1S/C18H33N5O2/c1-3-11-22-12-8-15(9-13-22)21-18(19-4-2)20-10-14-23-16(24)6-5-7-17(23)25/h15H,3-14H2,1-2H3,(H2,19,20,21). The number of hydrogen-bond acceptors (Lipinski definition) is 4. The van der Waals surface area contributed by atoms with E-state index in [9.17, 15) is 9.59 Å². The third-order valence-corrected chi connectivity index (χ3v) is 4.79. The predicted molar refractivity (Wildman–Crippen MR) is 99.4 cm³/mol. The van der Waals surface area contributed by atoms with E-state index >= 15 is 0 Å². The number of aliphatic imine (C=N–C) groups is 1. The van der Waals surface area contributed by atoms with Gasteiger partial charge >= 0.3 is 0 Å². The van der Waals surface area contributed by atoms with Crippen LogP contribution in [0.1, 0.15) is 52.4 Å². The molecule has 2 fully saturated rings. The van der Waals surface area contributed by atoms with Crippen LogP contribution in [0.5, 0.6) is 0 Å². The second-order valence-electron chi connectivity index (χ2n) is 6.81. The Bertz CT molecular complexity index is 456. The molecule has 2 aliphatic rings. The van der Waals surface area contributed by atoms with Crippen molar-refractivity contribution in [3.05, 3.63) is 0 Å². The number of nitrogens with zero attached hydrogens (tertiary/aromatic N) is 3. The molecule has 0 aromatic carbocycles. The lowest BCUT2D eigenvalue weighted by molar-refractivity contribution is -0.147. The average Bonchev–Trinajstić information content (AvgIpc) is 2.59. The van der Waals surface area contributed by atoms with Gasteiger partial charge in [-0.1, -0.05) is 6.92 Å². The molecule has 7 nitrogen and oxygen atoms in total. The summed E-state index contributed by atoms with van der Waals surface area (Å²) in [6, 6.07) is 0.434. The number of rotatable bonds is 7. The van der Waals surface area contributed by atoms with Crippen LogP contribution in [0.25, 0.3) is 0 Å². The van der Waals surface area contributed by atoms with Crippen molar-refractivity contribution >= 4 is 17.8 Å². The quantitative estimate of drug-likeness (QED) is 0.406. The zero-order chi connectivity index (χ0) is 18.1. The Hall–Kier alpha value is -1.63. The SMILES string of the molecule is CCCN1CCC(NC(=NCCN2C(=O)CCCC2=O)NCC)CC1. The number of nitrogens with one attached hydrogen (secondary N) is 2. The first kappa shape index (κ1) is 19.7. The zero-order valence-electron chi connectivity index (χ0n) is 15.7. The lowest BCUT2D eigenvalue weighted by atomic mass is 10.1. The van der Waals surface area contributed by atoms with Crippen LogP contribution in [0, 0.1) is 0 Å². The summed E-state index contributed by atoms with van der Waals surface area (Å²) in [6.45, 7) is 9.31. The molecule has 7 heteroatoms. The number of imide groups is 1. The number of carbonyl (C=O) groups excluding carboxylic acids is 2. The summed E-state index contributed by atoms with van der Waals surface area (Å²) in [5.74, 6) is 0.661. The van der Waals surface area contributed by atoms with Gasteiger partial charge in [-0.2, -0.15) is 0 Å². The molecular weight excluding hydrogens is 318 g/mol. The van der Waals surface area contributed by atoms with Gasteiger partial charge in [-0.15, -0.1) is 0 Å². The van der Waals surface area contributed by atoms with Gasteiger partial charge in [0.2, 0.25) is 11.8 Å². The molecule has 0 radical (unpaired) electrons. The second kappa shape index (κ2) is 10.4. The van der Waals surface area contributed by atoms with Gasteiger partial charge in [-0.3, -0.25) is 19.5 Å². The molecule has 2 rings (SSSR count). The van der Waals surface area contributed by atoms with Crippen molar-refractivity contribution in [1.29, 1.82) is 0 Å². The molecule has 2 amide bonds. The minimum absolute atomic E-state index is 0.0623. The maximum atomic E-state index is 11.8. The average molecular weight is 351 g/mol. The van der Waals surface area contributed by atoms with Gasteiger partial charge in [0, 0.05) is 45.1 Å². The Balaban J connectivity index is 1.80. The van der Waals surface area contributed by atoms with Gasteiger partial charge in [0.1, 0.15) is 0 Å². The monoisotopic (exact) mass is 351 g/mol. The fourth-order valence-electron chi connectivity index (χ4n) is 3.44. The van der Waals surface area contributed by atoms with Crippen LogP contribution >= 0.6 is 0 Å². The molecule has 2 heterocycles. The van der Waals surface area contributed by atoms with Crippen LogP contribution in [-0.2, 0) is 9.59 Å². The first-order valence-electron chi connectivity index (χ1n) is 9.74. The number of carbonyl (C=O) groups is 2. The van der Waals surface area contributed by atoms with E-state index in [4.69, 9.17) is 0 Å². The van der Waals surface area contributed by atoms with E-state index in [2.05, 4.69) is 27.4 Å². The minimum atomic E-state index is -0.0623.